The number of hydrogen-bond donors (Lipinski definition) is 2. The highest BCUT2D eigenvalue weighted by Gasteiger charge is 2.22. The lowest BCUT2D eigenvalue weighted by molar-refractivity contribution is -0.114. The summed E-state index contributed by atoms with van der Waals surface area (Å²) in [4.78, 5) is 22.2. The molecule has 6 heteroatoms. The molecule has 2 rings (SSSR count). The number of nitrogens with zero attached hydrogens (tertiary/aromatic N) is 2. The van der Waals surface area contributed by atoms with Crippen molar-refractivity contribution in [3.8, 4) is 0 Å². The molecular weight excluding hydrogens is 184 g/mol. The van der Waals surface area contributed by atoms with E-state index in [1.165, 1.54) is 13.1 Å². The molecule has 14 heavy (non-hydrogen) atoms. The van der Waals surface area contributed by atoms with Crippen LogP contribution < -0.4 is 10.6 Å². The van der Waals surface area contributed by atoms with Crippen molar-refractivity contribution in [1.82, 2.24) is 15.1 Å². The molecule has 1 aliphatic rings. The second-order valence-electron chi connectivity index (χ2n) is 3.07. The van der Waals surface area contributed by atoms with Crippen molar-refractivity contribution in [2.75, 3.05) is 11.9 Å². The maximum atomic E-state index is 11.4. The summed E-state index contributed by atoms with van der Waals surface area (Å²) in [6.07, 6.45) is 1.49. The van der Waals surface area contributed by atoms with E-state index in [0.717, 1.165) is 0 Å². The van der Waals surface area contributed by atoms with Gasteiger partial charge in [0.05, 0.1) is 18.4 Å². The summed E-state index contributed by atoms with van der Waals surface area (Å²) in [6, 6.07) is 0. The summed E-state index contributed by atoms with van der Waals surface area (Å²) in [5.41, 5.74) is 0.890. The summed E-state index contributed by atoms with van der Waals surface area (Å²) in [5, 5.41) is 9.25. The molecule has 0 saturated carbocycles. The van der Waals surface area contributed by atoms with Crippen molar-refractivity contribution in [1.29, 1.82) is 0 Å². The molecule has 2 heterocycles. The van der Waals surface area contributed by atoms with Gasteiger partial charge in [-0.25, -0.2) is 0 Å². The molecule has 0 atom stereocenters. The highest BCUT2D eigenvalue weighted by Crippen LogP contribution is 2.16. The van der Waals surface area contributed by atoms with Gasteiger partial charge in [0.1, 0.15) is 5.69 Å². The number of amides is 2. The van der Waals surface area contributed by atoms with Crippen LogP contribution in [0, 0.1) is 0 Å². The molecular formula is C8H10N4O2. The number of rotatable bonds is 1. The topological polar surface area (TPSA) is 76.0 Å². The summed E-state index contributed by atoms with van der Waals surface area (Å²) in [5.74, 6) is -0.406. The van der Waals surface area contributed by atoms with Gasteiger partial charge in [-0.1, -0.05) is 0 Å². The molecule has 2 N–H and O–H groups in total. The number of carbonyl (C=O) groups excluding carboxylic acids is 2. The monoisotopic (exact) mass is 194 g/mol. The van der Waals surface area contributed by atoms with Crippen molar-refractivity contribution in [2.45, 2.75) is 13.5 Å². The van der Waals surface area contributed by atoms with E-state index in [1.807, 2.05) is 0 Å². The standard InChI is InChI=1S/C8H10N4O2/c1-5(13)11-6-4-10-12-3-2-9-8(14)7(6)12/h4H,2-3H2,1H3,(H,9,14)(H,11,13). The minimum atomic E-state index is -0.209. The molecule has 1 aromatic rings. The third kappa shape index (κ3) is 1.34. The predicted octanol–water partition coefficient (Wildman–Crippen LogP) is -0.415. The Bertz CT molecular complexity index is 396. The number of anilines is 1. The maximum absolute atomic E-state index is 11.4. The lowest BCUT2D eigenvalue weighted by Gasteiger charge is -2.15. The van der Waals surface area contributed by atoms with Crippen LogP contribution in [0.25, 0.3) is 0 Å². The van der Waals surface area contributed by atoms with E-state index in [2.05, 4.69) is 15.7 Å². The molecule has 0 saturated heterocycles. The maximum Gasteiger partial charge on any atom is 0.271 e. The van der Waals surface area contributed by atoms with Gasteiger partial charge in [-0.3, -0.25) is 14.3 Å². The van der Waals surface area contributed by atoms with Crippen LogP contribution in [0.1, 0.15) is 17.4 Å². The second-order valence-corrected chi connectivity index (χ2v) is 3.07. The number of nitrogens with one attached hydrogen (secondary N) is 2. The normalized spacial score (nSPS) is 14.5. The highest BCUT2D eigenvalue weighted by molar-refractivity contribution is 6.02. The Morgan fingerprint density at radius 2 is 2.50 bits per heavy atom. The lowest BCUT2D eigenvalue weighted by Crippen LogP contribution is -2.36. The molecule has 1 aromatic heterocycles. The number of fused-ring (bicyclic) bond motifs is 1. The zero-order chi connectivity index (χ0) is 10.1. The van der Waals surface area contributed by atoms with E-state index in [4.69, 9.17) is 0 Å². The third-order valence-electron chi connectivity index (χ3n) is 1.97. The fourth-order valence-electron chi connectivity index (χ4n) is 1.43. The Labute approximate surface area is 80.3 Å². The van der Waals surface area contributed by atoms with Gasteiger partial charge in [-0.05, 0) is 0 Å². The SMILES string of the molecule is CC(=O)Nc1cnn2c1C(=O)NCC2. The summed E-state index contributed by atoms with van der Waals surface area (Å²) in [7, 11) is 0. The van der Waals surface area contributed by atoms with Crippen molar-refractivity contribution in [3.63, 3.8) is 0 Å². The van der Waals surface area contributed by atoms with Crippen LogP contribution in [0.5, 0.6) is 0 Å². The van der Waals surface area contributed by atoms with Gasteiger partial charge in [0, 0.05) is 13.5 Å². The summed E-state index contributed by atoms with van der Waals surface area (Å²) >= 11 is 0. The Morgan fingerprint density at radius 3 is 3.21 bits per heavy atom. The average molecular weight is 194 g/mol. The van der Waals surface area contributed by atoms with E-state index in [0.29, 0.717) is 24.5 Å². The predicted molar refractivity (Wildman–Crippen MR) is 48.9 cm³/mol. The van der Waals surface area contributed by atoms with E-state index in [1.54, 1.807) is 4.68 Å². The molecule has 0 spiro atoms. The number of carbonyl (C=O) groups is 2. The summed E-state index contributed by atoms with van der Waals surface area (Å²) < 4.78 is 1.59. The first-order chi connectivity index (χ1) is 6.68. The molecule has 0 fully saturated rings. The van der Waals surface area contributed by atoms with Crippen molar-refractivity contribution in [2.24, 2.45) is 0 Å². The number of aromatic nitrogens is 2. The molecule has 6 nitrogen and oxygen atoms in total. The van der Waals surface area contributed by atoms with Crippen LogP contribution in [-0.4, -0.2) is 28.1 Å². The Kier molecular flexibility index (Phi) is 1.95. The van der Waals surface area contributed by atoms with Crippen LogP contribution in [-0.2, 0) is 11.3 Å². The first-order valence-electron chi connectivity index (χ1n) is 4.30. The van der Waals surface area contributed by atoms with Crippen LogP contribution in [0.15, 0.2) is 6.20 Å². The van der Waals surface area contributed by atoms with Crippen molar-refractivity contribution >= 4 is 17.5 Å². The molecule has 0 bridgehead atoms. The highest BCUT2D eigenvalue weighted by atomic mass is 16.2. The number of hydrogen-bond acceptors (Lipinski definition) is 3. The molecule has 0 aromatic carbocycles. The molecule has 0 aliphatic carbocycles. The first-order valence-corrected chi connectivity index (χ1v) is 4.30. The minimum Gasteiger partial charge on any atom is -0.349 e. The zero-order valence-corrected chi connectivity index (χ0v) is 7.70. The fraction of sp³-hybridized carbons (Fsp3) is 0.375. The van der Waals surface area contributed by atoms with Gasteiger partial charge in [0.2, 0.25) is 5.91 Å². The lowest BCUT2D eigenvalue weighted by atomic mass is 10.3. The largest absolute Gasteiger partial charge is 0.349 e. The molecule has 0 radical (unpaired) electrons. The summed E-state index contributed by atoms with van der Waals surface area (Å²) in [6.45, 7) is 2.61. The van der Waals surface area contributed by atoms with Crippen molar-refractivity contribution in [3.05, 3.63) is 11.9 Å². The van der Waals surface area contributed by atoms with Crippen LogP contribution >= 0.6 is 0 Å². The van der Waals surface area contributed by atoms with Crippen LogP contribution in [0.2, 0.25) is 0 Å². The second kappa shape index (κ2) is 3.13. The smallest absolute Gasteiger partial charge is 0.271 e. The quantitative estimate of drug-likeness (QED) is 0.637. The van der Waals surface area contributed by atoms with Gasteiger partial charge in [-0.2, -0.15) is 5.10 Å². The molecule has 74 valence electrons. The fourth-order valence-corrected chi connectivity index (χ4v) is 1.43. The Hall–Kier alpha value is -1.85. The Morgan fingerprint density at radius 1 is 1.71 bits per heavy atom. The average Bonchev–Trinajstić information content (AvgIpc) is 2.49. The van der Waals surface area contributed by atoms with E-state index in [9.17, 15) is 9.59 Å². The molecule has 2 amide bonds. The van der Waals surface area contributed by atoms with Crippen LogP contribution in [0.3, 0.4) is 0 Å². The zero-order valence-electron chi connectivity index (χ0n) is 7.70. The van der Waals surface area contributed by atoms with Crippen LogP contribution in [0.4, 0.5) is 5.69 Å². The van der Waals surface area contributed by atoms with Gasteiger partial charge in [0.25, 0.3) is 5.91 Å². The Balaban J connectivity index is 2.38. The van der Waals surface area contributed by atoms with Gasteiger partial charge in [0.15, 0.2) is 0 Å². The van der Waals surface area contributed by atoms with Gasteiger partial charge < -0.3 is 10.6 Å². The molecule has 1 aliphatic heterocycles. The van der Waals surface area contributed by atoms with Crippen molar-refractivity contribution < 1.29 is 9.59 Å². The van der Waals surface area contributed by atoms with E-state index >= 15 is 0 Å². The van der Waals surface area contributed by atoms with Gasteiger partial charge in [-0.15, -0.1) is 0 Å². The van der Waals surface area contributed by atoms with Gasteiger partial charge >= 0.3 is 0 Å². The van der Waals surface area contributed by atoms with E-state index in [-0.39, 0.29) is 11.8 Å². The first kappa shape index (κ1) is 8.74. The minimum absolute atomic E-state index is 0.197. The molecule has 0 unspecified atom stereocenters. The third-order valence-corrected chi connectivity index (χ3v) is 1.97. The van der Waals surface area contributed by atoms with E-state index < -0.39 is 0 Å².